The van der Waals surface area contributed by atoms with Gasteiger partial charge in [-0.3, -0.25) is 0 Å². The molecule has 1 aromatic carbocycles. The quantitative estimate of drug-likeness (QED) is 0.523. The van der Waals surface area contributed by atoms with E-state index in [9.17, 15) is 0 Å². The molecule has 1 aromatic rings. The van der Waals surface area contributed by atoms with E-state index >= 15 is 0 Å². The Bertz CT molecular complexity index is 499. The maximum atomic E-state index is 6.62. The molecule has 0 saturated heterocycles. The molecule has 0 atom stereocenters. The van der Waals surface area contributed by atoms with Crippen molar-refractivity contribution in [3.63, 3.8) is 0 Å². The van der Waals surface area contributed by atoms with Crippen molar-refractivity contribution in [3.8, 4) is 0 Å². The van der Waals surface area contributed by atoms with Gasteiger partial charge in [0.15, 0.2) is 25.0 Å². The first-order chi connectivity index (χ1) is 10.7. The predicted octanol–water partition coefficient (Wildman–Crippen LogP) is 5.73. The summed E-state index contributed by atoms with van der Waals surface area (Å²) in [6, 6.07) is 10.3. The molecule has 0 saturated carbocycles. The molecule has 0 heterocycles. The molecule has 0 amide bonds. The SMILES string of the molecule is C[Si](C)(C)O[Si](/C=C/c1ccccc1)(O[Si](C)(C)C)O[Si](C)(C)C. The van der Waals surface area contributed by atoms with Crippen LogP contribution in [0.5, 0.6) is 0 Å². The standard InChI is InChI=1S/C17H34O3Si4/c1-21(2,3)18-24(19-22(4,5)6,20-23(7,8)9)16-15-17-13-11-10-12-14-17/h10-16H,1-9H3/b16-15+. The highest BCUT2D eigenvalue weighted by Crippen LogP contribution is 2.27. The van der Waals surface area contributed by atoms with Gasteiger partial charge in [-0.15, -0.1) is 0 Å². The van der Waals surface area contributed by atoms with Crippen LogP contribution in [-0.4, -0.2) is 33.8 Å². The zero-order valence-electron chi connectivity index (χ0n) is 16.8. The average molecular weight is 399 g/mol. The van der Waals surface area contributed by atoms with Crippen LogP contribution in [0, 0.1) is 0 Å². The third-order valence-electron chi connectivity index (χ3n) is 2.62. The highest BCUT2D eigenvalue weighted by molar-refractivity contribution is 6.92. The van der Waals surface area contributed by atoms with E-state index in [1.165, 1.54) is 0 Å². The van der Waals surface area contributed by atoms with Gasteiger partial charge in [0.1, 0.15) is 0 Å². The van der Waals surface area contributed by atoms with Gasteiger partial charge in [0.2, 0.25) is 0 Å². The van der Waals surface area contributed by atoms with Crippen LogP contribution in [0.25, 0.3) is 6.08 Å². The Morgan fingerprint density at radius 3 is 1.33 bits per heavy atom. The minimum absolute atomic E-state index is 1.15. The molecule has 0 spiro atoms. The molecule has 0 aromatic heterocycles. The van der Waals surface area contributed by atoms with E-state index < -0.39 is 33.8 Å². The van der Waals surface area contributed by atoms with Crippen LogP contribution in [0.2, 0.25) is 58.9 Å². The third kappa shape index (κ3) is 9.26. The predicted molar refractivity (Wildman–Crippen MR) is 115 cm³/mol. The van der Waals surface area contributed by atoms with E-state index in [0.29, 0.717) is 0 Å². The van der Waals surface area contributed by atoms with E-state index in [1.807, 2.05) is 18.2 Å². The second kappa shape index (κ2) is 7.94. The van der Waals surface area contributed by atoms with Crippen LogP contribution in [0.4, 0.5) is 0 Å². The number of hydrogen-bond acceptors (Lipinski definition) is 3. The summed E-state index contributed by atoms with van der Waals surface area (Å²) in [5.74, 6) is 0. The van der Waals surface area contributed by atoms with Gasteiger partial charge in [0.05, 0.1) is 0 Å². The zero-order chi connectivity index (χ0) is 18.6. The smallest absolute Gasteiger partial charge is 0.414 e. The van der Waals surface area contributed by atoms with Crippen molar-refractivity contribution in [1.82, 2.24) is 0 Å². The van der Waals surface area contributed by atoms with Crippen molar-refractivity contribution in [2.45, 2.75) is 58.9 Å². The molecule has 0 fully saturated rings. The highest BCUT2D eigenvalue weighted by Gasteiger charge is 2.48. The second-order valence-corrected chi connectivity index (χ2v) is 25.7. The van der Waals surface area contributed by atoms with Crippen LogP contribution in [0.1, 0.15) is 5.56 Å². The van der Waals surface area contributed by atoms with E-state index in [4.69, 9.17) is 12.3 Å². The van der Waals surface area contributed by atoms with Crippen LogP contribution >= 0.6 is 0 Å². The van der Waals surface area contributed by atoms with Crippen molar-refractivity contribution in [1.29, 1.82) is 0 Å². The molecule has 1 rings (SSSR count). The van der Waals surface area contributed by atoms with Gasteiger partial charge in [-0.1, -0.05) is 36.4 Å². The monoisotopic (exact) mass is 398 g/mol. The molecule has 0 aliphatic heterocycles. The first-order valence-corrected chi connectivity index (χ1v) is 20.6. The Kier molecular flexibility index (Phi) is 7.20. The molecule has 24 heavy (non-hydrogen) atoms. The molecule has 0 unspecified atom stereocenters. The lowest BCUT2D eigenvalue weighted by Crippen LogP contribution is -2.59. The Balaban J connectivity index is 3.29. The topological polar surface area (TPSA) is 27.7 Å². The molecule has 0 bridgehead atoms. The van der Waals surface area contributed by atoms with Gasteiger partial charge in [-0.05, 0) is 70.2 Å². The minimum Gasteiger partial charge on any atom is -0.414 e. The molecule has 136 valence electrons. The lowest BCUT2D eigenvalue weighted by atomic mass is 10.2. The molecule has 0 radical (unpaired) electrons. The van der Waals surface area contributed by atoms with Crippen molar-refractivity contribution in [3.05, 3.63) is 41.6 Å². The summed E-state index contributed by atoms with van der Waals surface area (Å²) in [6.07, 6.45) is 2.10. The lowest BCUT2D eigenvalue weighted by Gasteiger charge is -2.41. The highest BCUT2D eigenvalue weighted by atomic mass is 28.5. The largest absolute Gasteiger partial charge is 0.498 e. The van der Waals surface area contributed by atoms with Gasteiger partial charge >= 0.3 is 8.80 Å². The fourth-order valence-electron chi connectivity index (χ4n) is 2.21. The molecule has 0 aliphatic rings. The summed E-state index contributed by atoms with van der Waals surface area (Å²) in [7, 11) is -8.36. The molecule has 0 aliphatic carbocycles. The fourth-order valence-corrected chi connectivity index (χ4v) is 15.3. The van der Waals surface area contributed by atoms with Gasteiger partial charge in [0, 0.05) is 0 Å². The minimum atomic E-state index is -2.88. The first kappa shape index (κ1) is 21.7. The summed E-state index contributed by atoms with van der Waals surface area (Å²) in [5, 5.41) is 0. The average Bonchev–Trinajstić information content (AvgIpc) is 2.31. The second-order valence-electron chi connectivity index (χ2n) is 8.99. The molecule has 0 N–H and O–H groups in total. The normalized spacial score (nSPS) is 14.4. The Labute approximate surface area is 152 Å². The van der Waals surface area contributed by atoms with Gasteiger partial charge < -0.3 is 12.3 Å². The summed E-state index contributed by atoms with van der Waals surface area (Å²) in [6.45, 7) is 19.8. The summed E-state index contributed by atoms with van der Waals surface area (Å²) < 4.78 is 19.8. The van der Waals surface area contributed by atoms with Crippen LogP contribution < -0.4 is 0 Å². The lowest BCUT2D eigenvalue weighted by molar-refractivity contribution is 0.271. The molecule has 3 nitrogen and oxygen atoms in total. The zero-order valence-corrected chi connectivity index (χ0v) is 20.8. The first-order valence-electron chi connectivity index (χ1n) is 8.55. The Morgan fingerprint density at radius 1 is 0.625 bits per heavy atom. The fraction of sp³-hybridized carbons (Fsp3) is 0.529. The maximum Gasteiger partial charge on any atom is 0.498 e. The molecular weight excluding hydrogens is 365 g/mol. The van der Waals surface area contributed by atoms with Gasteiger partial charge in [-0.25, -0.2) is 0 Å². The van der Waals surface area contributed by atoms with E-state index in [-0.39, 0.29) is 0 Å². The Morgan fingerprint density at radius 2 is 1.00 bits per heavy atom. The molecular formula is C17H34O3Si4. The number of hydrogen-bond donors (Lipinski definition) is 0. The molecule has 7 heteroatoms. The summed E-state index contributed by atoms with van der Waals surface area (Å²) in [4.78, 5) is 0. The van der Waals surface area contributed by atoms with Gasteiger partial charge in [-0.2, -0.15) is 0 Å². The summed E-state index contributed by atoms with van der Waals surface area (Å²) in [5.41, 5.74) is 3.25. The van der Waals surface area contributed by atoms with Crippen molar-refractivity contribution in [2.75, 3.05) is 0 Å². The van der Waals surface area contributed by atoms with Gasteiger partial charge in [0.25, 0.3) is 0 Å². The van der Waals surface area contributed by atoms with Crippen molar-refractivity contribution < 1.29 is 12.3 Å². The number of benzene rings is 1. The summed E-state index contributed by atoms with van der Waals surface area (Å²) >= 11 is 0. The van der Waals surface area contributed by atoms with E-state index in [1.54, 1.807) is 0 Å². The van der Waals surface area contributed by atoms with Crippen LogP contribution in [0.15, 0.2) is 36.0 Å². The third-order valence-corrected chi connectivity index (χ3v) is 14.0. The maximum absolute atomic E-state index is 6.62. The van der Waals surface area contributed by atoms with E-state index in [0.717, 1.165) is 5.56 Å². The van der Waals surface area contributed by atoms with Crippen LogP contribution in [-0.2, 0) is 12.3 Å². The van der Waals surface area contributed by atoms with Crippen LogP contribution in [0.3, 0.4) is 0 Å². The van der Waals surface area contributed by atoms with E-state index in [2.05, 4.69) is 82.8 Å². The van der Waals surface area contributed by atoms with Crippen molar-refractivity contribution >= 4 is 39.8 Å². The number of rotatable bonds is 8. The Hall–Kier alpha value is -0.292. The van der Waals surface area contributed by atoms with Crippen molar-refractivity contribution in [2.24, 2.45) is 0 Å².